The lowest BCUT2D eigenvalue weighted by Crippen LogP contribution is -2.35. The van der Waals surface area contributed by atoms with E-state index >= 15 is 0 Å². The zero-order valence-electron chi connectivity index (χ0n) is 11.2. The van der Waals surface area contributed by atoms with E-state index in [4.69, 9.17) is 0 Å². The van der Waals surface area contributed by atoms with Crippen molar-refractivity contribution in [3.05, 3.63) is 35.6 Å². The van der Waals surface area contributed by atoms with Gasteiger partial charge in [-0.15, -0.1) is 0 Å². The molecule has 96 valence electrons. The molecular weight excluding hydrogens is 213 g/mol. The van der Waals surface area contributed by atoms with E-state index in [1.165, 1.54) is 37.0 Å². The predicted molar refractivity (Wildman–Crippen MR) is 71.7 cm³/mol. The Hall–Kier alpha value is -0.890. The summed E-state index contributed by atoms with van der Waals surface area (Å²) in [6.07, 6.45) is 4.71. The molecule has 0 radical (unpaired) electrons. The van der Waals surface area contributed by atoms with E-state index in [9.17, 15) is 4.39 Å². The Morgan fingerprint density at radius 3 is 2.35 bits per heavy atom. The highest BCUT2D eigenvalue weighted by molar-refractivity contribution is 5.17. The van der Waals surface area contributed by atoms with Crippen molar-refractivity contribution in [2.45, 2.75) is 58.5 Å². The van der Waals surface area contributed by atoms with Crippen LogP contribution in [0, 0.1) is 5.82 Å². The SMILES string of the molecule is CCCCC(C)NC(C)Cc1ccc(F)cc1. The number of benzene rings is 1. The van der Waals surface area contributed by atoms with Gasteiger partial charge in [-0.3, -0.25) is 0 Å². The number of hydrogen-bond donors (Lipinski definition) is 1. The number of nitrogens with one attached hydrogen (secondary N) is 1. The molecular formula is C15H24FN. The van der Waals surface area contributed by atoms with Gasteiger partial charge in [0.15, 0.2) is 0 Å². The van der Waals surface area contributed by atoms with Gasteiger partial charge >= 0.3 is 0 Å². The molecule has 2 heteroatoms. The van der Waals surface area contributed by atoms with E-state index in [-0.39, 0.29) is 5.82 Å². The van der Waals surface area contributed by atoms with Crippen molar-refractivity contribution >= 4 is 0 Å². The molecule has 0 amide bonds. The van der Waals surface area contributed by atoms with Crippen LogP contribution in [0.15, 0.2) is 24.3 Å². The van der Waals surface area contributed by atoms with Crippen LogP contribution in [0.25, 0.3) is 0 Å². The van der Waals surface area contributed by atoms with Crippen LogP contribution in [0.5, 0.6) is 0 Å². The summed E-state index contributed by atoms with van der Waals surface area (Å²) in [5, 5.41) is 3.58. The molecule has 0 aliphatic rings. The van der Waals surface area contributed by atoms with Gasteiger partial charge in [0, 0.05) is 12.1 Å². The quantitative estimate of drug-likeness (QED) is 0.757. The lowest BCUT2D eigenvalue weighted by atomic mass is 10.1. The van der Waals surface area contributed by atoms with Gasteiger partial charge < -0.3 is 5.32 Å². The number of hydrogen-bond acceptors (Lipinski definition) is 1. The Morgan fingerprint density at radius 2 is 1.76 bits per heavy atom. The van der Waals surface area contributed by atoms with Crippen LogP contribution in [-0.2, 0) is 6.42 Å². The van der Waals surface area contributed by atoms with Crippen molar-refractivity contribution in [2.24, 2.45) is 0 Å². The third kappa shape index (κ3) is 5.83. The molecule has 0 aliphatic heterocycles. The number of unbranched alkanes of at least 4 members (excludes halogenated alkanes) is 1. The zero-order chi connectivity index (χ0) is 12.7. The fourth-order valence-corrected chi connectivity index (χ4v) is 2.11. The van der Waals surface area contributed by atoms with Crippen LogP contribution in [0.3, 0.4) is 0 Å². The summed E-state index contributed by atoms with van der Waals surface area (Å²) in [5.74, 6) is -0.161. The Morgan fingerprint density at radius 1 is 1.12 bits per heavy atom. The maximum Gasteiger partial charge on any atom is 0.123 e. The minimum atomic E-state index is -0.161. The maximum atomic E-state index is 12.8. The molecule has 2 atom stereocenters. The second-order valence-electron chi connectivity index (χ2n) is 4.94. The lowest BCUT2D eigenvalue weighted by molar-refractivity contribution is 0.433. The normalized spacial score (nSPS) is 14.6. The van der Waals surface area contributed by atoms with Crippen LogP contribution in [-0.4, -0.2) is 12.1 Å². The first kappa shape index (κ1) is 14.2. The third-order valence-electron chi connectivity index (χ3n) is 3.01. The van der Waals surface area contributed by atoms with Crippen molar-refractivity contribution in [2.75, 3.05) is 0 Å². The van der Waals surface area contributed by atoms with Crippen molar-refractivity contribution in [1.82, 2.24) is 5.32 Å². The first-order valence-electron chi connectivity index (χ1n) is 6.62. The molecule has 0 saturated heterocycles. The van der Waals surface area contributed by atoms with Crippen molar-refractivity contribution in [1.29, 1.82) is 0 Å². The summed E-state index contributed by atoms with van der Waals surface area (Å²) >= 11 is 0. The van der Waals surface area contributed by atoms with E-state index in [2.05, 4.69) is 26.1 Å². The minimum absolute atomic E-state index is 0.161. The van der Waals surface area contributed by atoms with Crippen molar-refractivity contribution in [3.63, 3.8) is 0 Å². The molecule has 0 bridgehead atoms. The summed E-state index contributed by atoms with van der Waals surface area (Å²) in [5.41, 5.74) is 1.19. The average Bonchev–Trinajstić information content (AvgIpc) is 2.29. The highest BCUT2D eigenvalue weighted by Gasteiger charge is 2.07. The molecule has 1 aromatic carbocycles. The van der Waals surface area contributed by atoms with Crippen molar-refractivity contribution < 1.29 is 4.39 Å². The topological polar surface area (TPSA) is 12.0 Å². The fourth-order valence-electron chi connectivity index (χ4n) is 2.11. The second kappa shape index (κ2) is 7.44. The van der Waals surface area contributed by atoms with Crippen LogP contribution in [0.4, 0.5) is 4.39 Å². The molecule has 17 heavy (non-hydrogen) atoms. The maximum absolute atomic E-state index is 12.8. The molecule has 1 rings (SSSR count). The Kier molecular flexibility index (Phi) is 6.20. The van der Waals surface area contributed by atoms with Gasteiger partial charge in [0.2, 0.25) is 0 Å². The van der Waals surface area contributed by atoms with Gasteiger partial charge in [0.1, 0.15) is 5.82 Å². The van der Waals surface area contributed by atoms with Gasteiger partial charge in [0.25, 0.3) is 0 Å². The number of rotatable bonds is 7. The number of halogens is 1. The smallest absolute Gasteiger partial charge is 0.123 e. The lowest BCUT2D eigenvalue weighted by Gasteiger charge is -2.20. The highest BCUT2D eigenvalue weighted by atomic mass is 19.1. The van der Waals surface area contributed by atoms with Crippen molar-refractivity contribution in [3.8, 4) is 0 Å². The van der Waals surface area contributed by atoms with Gasteiger partial charge in [-0.2, -0.15) is 0 Å². The van der Waals surface area contributed by atoms with Gasteiger partial charge in [0.05, 0.1) is 0 Å². The molecule has 0 aliphatic carbocycles. The third-order valence-corrected chi connectivity index (χ3v) is 3.01. The van der Waals surface area contributed by atoms with Gasteiger partial charge in [-0.25, -0.2) is 4.39 Å². The van der Waals surface area contributed by atoms with Gasteiger partial charge in [-0.05, 0) is 44.4 Å². The second-order valence-corrected chi connectivity index (χ2v) is 4.94. The zero-order valence-corrected chi connectivity index (χ0v) is 11.2. The van der Waals surface area contributed by atoms with E-state index < -0.39 is 0 Å². The standard InChI is InChI=1S/C15H24FN/c1-4-5-6-12(2)17-13(3)11-14-7-9-15(16)10-8-14/h7-10,12-13,17H,4-6,11H2,1-3H3. The van der Waals surface area contributed by atoms with Crippen LogP contribution >= 0.6 is 0 Å². The molecule has 0 spiro atoms. The Labute approximate surface area is 104 Å². The van der Waals surface area contributed by atoms with Crippen LogP contribution < -0.4 is 5.32 Å². The molecule has 0 saturated carbocycles. The Balaban J connectivity index is 2.33. The summed E-state index contributed by atoms with van der Waals surface area (Å²) in [4.78, 5) is 0. The molecule has 2 unspecified atom stereocenters. The largest absolute Gasteiger partial charge is 0.311 e. The molecule has 1 nitrogen and oxygen atoms in total. The van der Waals surface area contributed by atoms with Crippen LogP contribution in [0.2, 0.25) is 0 Å². The van der Waals surface area contributed by atoms with E-state index in [0.717, 1.165) is 6.42 Å². The van der Waals surface area contributed by atoms with Gasteiger partial charge in [-0.1, -0.05) is 31.9 Å². The highest BCUT2D eigenvalue weighted by Crippen LogP contribution is 2.07. The summed E-state index contributed by atoms with van der Waals surface area (Å²) < 4.78 is 12.8. The van der Waals surface area contributed by atoms with E-state index in [1.54, 1.807) is 0 Å². The summed E-state index contributed by atoms with van der Waals surface area (Å²) in [7, 11) is 0. The summed E-state index contributed by atoms with van der Waals surface area (Å²) in [6, 6.07) is 7.79. The Bertz CT molecular complexity index is 307. The van der Waals surface area contributed by atoms with Crippen LogP contribution in [0.1, 0.15) is 45.6 Å². The first-order valence-corrected chi connectivity index (χ1v) is 6.62. The predicted octanol–water partition coefficient (Wildman–Crippen LogP) is 3.93. The first-order chi connectivity index (χ1) is 8.11. The molecule has 0 aromatic heterocycles. The van der Waals surface area contributed by atoms with E-state index in [0.29, 0.717) is 12.1 Å². The molecule has 1 N–H and O–H groups in total. The van der Waals surface area contributed by atoms with E-state index in [1.807, 2.05) is 12.1 Å². The summed E-state index contributed by atoms with van der Waals surface area (Å²) in [6.45, 7) is 6.64. The molecule has 1 aromatic rings. The average molecular weight is 237 g/mol. The fraction of sp³-hybridized carbons (Fsp3) is 0.600. The molecule has 0 fully saturated rings. The minimum Gasteiger partial charge on any atom is -0.311 e. The molecule has 0 heterocycles. The monoisotopic (exact) mass is 237 g/mol.